The lowest BCUT2D eigenvalue weighted by atomic mass is 9.89. The molecule has 0 bridgehead atoms. The number of anilines is 1. The van der Waals surface area contributed by atoms with Crippen LogP contribution in [0.4, 0.5) is 5.82 Å². The van der Waals surface area contributed by atoms with E-state index in [1.807, 2.05) is 0 Å². The van der Waals surface area contributed by atoms with Gasteiger partial charge in [-0.25, -0.2) is 0 Å². The van der Waals surface area contributed by atoms with Crippen LogP contribution in [0.5, 0.6) is 0 Å². The largest absolute Gasteiger partial charge is 0.362 e. The van der Waals surface area contributed by atoms with Crippen molar-refractivity contribution in [2.75, 3.05) is 11.9 Å². The molecule has 1 aliphatic rings. The van der Waals surface area contributed by atoms with E-state index in [0.29, 0.717) is 5.82 Å². The summed E-state index contributed by atoms with van der Waals surface area (Å²) in [6.07, 6.45) is 6.71. The summed E-state index contributed by atoms with van der Waals surface area (Å²) in [6.45, 7) is 1.76. The van der Waals surface area contributed by atoms with Crippen LogP contribution in [0.25, 0.3) is 0 Å². The highest BCUT2D eigenvalue weighted by atomic mass is 16.5. The Labute approximate surface area is 111 Å². The number of amides is 2. The van der Waals surface area contributed by atoms with Gasteiger partial charge in [0.15, 0.2) is 5.82 Å². The molecule has 1 heterocycles. The van der Waals surface area contributed by atoms with Crippen molar-refractivity contribution in [2.45, 2.75) is 39.0 Å². The number of nitrogens with one attached hydrogen (secondary N) is 2. The average molecular weight is 265 g/mol. The SMILES string of the molecule is Cc1conc1NC(=O)CNC(=O)C1CCCCC1. The van der Waals surface area contributed by atoms with Crippen molar-refractivity contribution in [1.29, 1.82) is 0 Å². The van der Waals surface area contributed by atoms with E-state index in [-0.39, 0.29) is 24.3 Å². The van der Waals surface area contributed by atoms with Gasteiger partial charge in [0, 0.05) is 11.5 Å². The van der Waals surface area contributed by atoms with Gasteiger partial charge in [-0.2, -0.15) is 0 Å². The number of aryl methyl sites for hydroxylation is 1. The maximum absolute atomic E-state index is 11.8. The quantitative estimate of drug-likeness (QED) is 0.866. The predicted octanol–water partition coefficient (Wildman–Crippen LogP) is 1.62. The maximum Gasteiger partial charge on any atom is 0.245 e. The topological polar surface area (TPSA) is 84.2 Å². The maximum atomic E-state index is 11.8. The lowest BCUT2D eigenvalue weighted by Gasteiger charge is -2.20. The third-order valence-electron chi connectivity index (χ3n) is 3.40. The summed E-state index contributed by atoms with van der Waals surface area (Å²) in [7, 11) is 0. The summed E-state index contributed by atoms with van der Waals surface area (Å²) in [5, 5.41) is 8.92. The Kier molecular flexibility index (Phi) is 4.54. The Morgan fingerprint density at radius 1 is 1.37 bits per heavy atom. The summed E-state index contributed by atoms with van der Waals surface area (Å²) in [5.74, 6) is 0.153. The minimum absolute atomic E-state index is 0.0216. The number of carbonyl (C=O) groups is 2. The van der Waals surface area contributed by atoms with Gasteiger partial charge in [-0.05, 0) is 19.8 Å². The van der Waals surface area contributed by atoms with Crippen LogP contribution >= 0.6 is 0 Å². The second kappa shape index (κ2) is 6.36. The first kappa shape index (κ1) is 13.6. The van der Waals surface area contributed by atoms with Crippen molar-refractivity contribution in [1.82, 2.24) is 10.5 Å². The fourth-order valence-electron chi connectivity index (χ4n) is 2.26. The fourth-order valence-corrected chi connectivity index (χ4v) is 2.26. The van der Waals surface area contributed by atoms with E-state index in [9.17, 15) is 9.59 Å². The van der Waals surface area contributed by atoms with Gasteiger partial charge < -0.3 is 15.2 Å². The highest BCUT2D eigenvalue weighted by Gasteiger charge is 2.21. The van der Waals surface area contributed by atoms with E-state index >= 15 is 0 Å². The van der Waals surface area contributed by atoms with Crippen molar-refractivity contribution < 1.29 is 14.1 Å². The predicted molar refractivity (Wildman–Crippen MR) is 69.5 cm³/mol. The van der Waals surface area contributed by atoms with Gasteiger partial charge >= 0.3 is 0 Å². The van der Waals surface area contributed by atoms with E-state index in [2.05, 4.69) is 15.8 Å². The van der Waals surface area contributed by atoms with Crippen molar-refractivity contribution in [3.05, 3.63) is 11.8 Å². The second-order valence-corrected chi connectivity index (χ2v) is 4.95. The molecule has 2 amide bonds. The van der Waals surface area contributed by atoms with Gasteiger partial charge in [0.25, 0.3) is 0 Å². The van der Waals surface area contributed by atoms with Crippen LogP contribution in [-0.4, -0.2) is 23.5 Å². The zero-order chi connectivity index (χ0) is 13.7. The first-order chi connectivity index (χ1) is 9.16. The molecule has 1 saturated carbocycles. The number of hydrogen-bond acceptors (Lipinski definition) is 4. The summed E-state index contributed by atoms with van der Waals surface area (Å²) in [5.41, 5.74) is 0.756. The third kappa shape index (κ3) is 3.81. The van der Waals surface area contributed by atoms with Crippen LogP contribution in [0.3, 0.4) is 0 Å². The monoisotopic (exact) mass is 265 g/mol. The van der Waals surface area contributed by atoms with Crippen molar-refractivity contribution in [2.24, 2.45) is 5.92 Å². The van der Waals surface area contributed by atoms with E-state index in [4.69, 9.17) is 4.52 Å². The van der Waals surface area contributed by atoms with Crippen LogP contribution in [0, 0.1) is 12.8 Å². The fraction of sp³-hybridized carbons (Fsp3) is 0.615. The Balaban J connectivity index is 1.74. The number of carbonyl (C=O) groups excluding carboxylic acids is 2. The Bertz CT molecular complexity index is 450. The Morgan fingerprint density at radius 2 is 2.11 bits per heavy atom. The first-order valence-electron chi connectivity index (χ1n) is 6.65. The summed E-state index contributed by atoms with van der Waals surface area (Å²) in [4.78, 5) is 23.5. The number of hydrogen-bond donors (Lipinski definition) is 2. The number of aromatic nitrogens is 1. The molecule has 0 saturated heterocycles. The molecule has 0 radical (unpaired) electrons. The molecule has 1 aromatic heterocycles. The summed E-state index contributed by atoms with van der Waals surface area (Å²) < 4.78 is 4.71. The van der Waals surface area contributed by atoms with E-state index in [1.54, 1.807) is 6.92 Å². The van der Waals surface area contributed by atoms with Crippen LogP contribution in [0.15, 0.2) is 10.8 Å². The molecule has 19 heavy (non-hydrogen) atoms. The highest BCUT2D eigenvalue weighted by Crippen LogP contribution is 2.23. The zero-order valence-electron chi connectivity index (χ0n) is 11.1. The highest BCUT2D eigenvalue weighted by molar-refractivity contribution is 5.94. The van der Waals surface area contributed by atoms with Crippen LogP contribution in [0.2, 0.25) is 0 Å². The lowest BCUT2D eigenvalue weighted by molar-refractivity contribution is -0.128. The minimum Gasteiger partial charge on any atom is -0.362 e. The standard InChI is InChI=1S/C13H19N3O3/c1-9-8-19-16-12(9)15-11(17)7-14-13(18)10-5-3-2-4-6-10/h8,10H,2-7H2,1H3,(H,14,18)(H,15,16,17). The van der Waals surface area contributed by atoms with E-state index in [0.717, 1.165) is 31.2 Å². The molecule has 0 unspecified atom stereocenters. The van der Waals surface area contributed by atoms with E-state index < -0.39 is 0 Å². The molecule has 0 aromatic carbocycles. The molecule has 1 aromatic rings. The average Bonchev–Trinajstić information content (AvgIpc) is 2.82. The lowest BCUT2D eigenvalue weighted by Crippen LogP contribution is -2.37. The molecule has 6 nitrogen and oxygen atoms in total. The smallest absolute Gasteiger partial charge is 0.245 e. The van der Waals surface area contributed by atoms with Gasteiger partial charge in [0.1, 0.15) is 6.26 Å². The zero-order valence-corrected chi connectivity index (χ0v) is 11.1. The summed E-state index contributed by atoms with van der Waals surface area (Å²) >= 11 is 0. The van der Waals surface area contributed by atoms with Crippen molar-refractivity contribution in [3.8, 4) is 0 Å². The van der Waals surface area contributed by atoms with Gasteiger partial charge in [-0.3, -0.25) is 9.59 Å². The van der Waals surface area contributed by atoms with Crippen molar-refractivity contribution >= 4 is 17.6 Å². The molecule has 1 fully saturated rings. The molecule has 0 spiro atoms. The Hall–Kier alpha value is -1.85. The molecule has 2 N–H and O–H groups in total. The number of rotatable bonds is 4. The second-order valence-electron chi connectivity index (χ2n) is 4.95. The van der Waals surface area contributed by atoms with Gasteiger partial charge in [0.05, 0.1) is 6.54 Å². The van der Waals surface area contributed by atoms with Crippen LogP contribution in [0.1, 0.15) is 37.7 Å². The van der Waals surface area contributed by atoms with Gasteiger partial charge in [-0.1, -0.05) is 24.4 Å². The molecule has 104 valence electrons. The third-order valence-corrected chi connectivity index (χ3v) is 3.40. The molecule has 0 atom stereocenters. The van der Waals surface area contributed by atoms with Crippen LogP contribution in [-0.2, 0) is 9.59 Å². The molecular weight excluding hydrogens is 246 g/mol. The molecule has 0 aliphatic heterocycles. The number of nitrogens with zero attached hydrogens (tertiary/aromatic N) is 1. The molecule has 1 aliphatic carbocycles. The van der Waals surface area contributed by atoms with Gasteiger partial charge in [-0.15, -0.1) is 0 Å². The molecule has 2 rings (SSSR count). The molecular formula is C13H19N3O3. The normalized spacial score (nSPS) is 16.1. The minimum atomic E-state index is -0.291. The molecule has 6 heteroatoms. The van der Waals surface area contributed by atoms with Crippen molar-refractivity contribution in [3.63, 3.8) is 0 Å². The van der Waals surface area contributed by atoms with Crippen LogP contribution < -0.4 is 10.6 Å². The Morgan fingerprint density at radius 3 is 2.74 bits per heavy atom. The van der Waals surface area contributed by atoms with Gasteiger partial charge in [0.2, 0.25) is 11.8 Å². The summed E-state index contributed by atoms with van der Waals surface area (Å²) in [6, 6.07) is 0. The van der Waals surface area contributed by atoms with E-state index in [1.165, 1.54) is 12.7 Å². The first-order valence-corrected chi connectivity index (χ1v) is 6.65.